The first-order chi connectivity index (χ1) is 18.1. The van der Waals surface area contributed by atoms with E-state index in [1.54, 1.807) is 13.0 Å². The minimum Gasteiger partial charge on any atom is -0.448 e. The van der Waals surface area contributed by atoms with Crippen molar-refractivity contribution in [3.63, 3.8) is 0 Å². The van der Waals surface area contributed by atoms with Crippen molar-refractivity contribution in [1.29, 1.82) is 0 Å². The van der Waals surface area contributed by atoms with Gasteiger partial charge in [0, 0.05) is 59.5 Å². The monoisotopic (exact) mass is 558 g/mol. The van der Waals surface area contributed by atoms with Crippen LogP contribution in [0.4, 0.5) is 0 Å². The third-order valence-corrected chi connectivity index (χ3v) is 8.61. The van der Waals surface area contributed by atoms with Crippen LogP contribution in [0.15, 0.2) is 26.2 Å². The first-order valence-corrected chi connectivity index (χ1v) is 14.3. The van der Waals surface area contributed by atoms with Crippen LogP contribution in [0, 0.1) is 26.7 Å². The number of hydrogen-bond acceptors (Lipinski definition) is 8. The Labute approximate surface area is 230 Å². The van der Waals surface area contributed by atoms with Gasteiger partial charge in [-0.25, -0.2) is 0 Å². The second-order valence-corrected chi connectivity index (χ2v) is 11.4. The number of halogens is 1. The van der Waals surface area contributed by atoms with E-state index in [1.807, 2.05) is 33.1 Å². The summed E-state index contributed by atoms with van der Waals surface area (Å²) in [6.07, 6.45) is 5.41. The van der Waals surface area contributed by atoms with Gasteiger partial charge in [0.1, 0.15) is 0 Å². The lowest BCUT2D eigenvalue weighted by Crippen LogP contribution is -2.44. The van der Waals surface area contributed by atoms with Crippen molar-refractivity contribution >= 4 is 29.3 Å². The van der Waals surface area contributed by atoms with Gasteiger partial charge in [0.2, 0.25) is 11.8 Å². The van der Waals surface area contributed by atoms with Crippen LogP contribution in [-0.2, 0) is 6.54 Å². The highest BCUT2D eigenvalue weighted by Crippen LogP contribution is 2.52. The third kappa shape index (κ3) is 4.91. The molecule has 5 rings (SSSR count). The van der Waals surface area contributed by atoms with Crippen LogP contribution in [0.1, 0.15) is 77.5 Å². The molecule has 1 amide bonds. The van der Waals surface area contributed by atoms with Gasteiger partial charge >= 0.3 is 0 Å². The second-order valence-electron chi connectivity index (χ2n) is 10.1. The Morgan fingerprint density at radius 1 is 1.16 bits per heavy atom. The van der Waals surface area contributed by atoms with E-state index in [4.69, 9.17) is 25.5 Å². The quantitative estimate of drug-likeness (QED) is 0.383. The van der Waals surface area contributed by atoms with Gasteiger partial charge in [0.25, 0.3) is 17.3 Å². The van der Waals surface area contributed by atoms with Crippen molar-refractivity contribution in [2.75, 3.05) is 6.26 Å². The van der Waals surface area contributed by atoms with Gasteiger partial charge in [-0.1, -0.05) is 11.6 Å². The lowest BCUT2D eigenvalue weighted by Gasteiger charge is -2.36. The van der Waals surface area contributed by atoms with Crippen LogP contribution in [0.3, 0.4) is 0 Å². The summed E-state index contributed by atoms with van der Waals surface area (Å²) in [6, 6.07) is 3.50. The molecule has 11 heteroatoms. The zero-order valence-corrected chi connectivity index (χ0v) is 23.6. The first kappa shape index (κ1) is 26.6. The fraction of sp³-hybridized carbons (Fsp3) is 0.481. The summed E-state index contributed by atoms with van der Waals surface area (Å²) in [7, 11) is 0. The molecule has 0 radical (unpaired) electrons. The van der Waals surface area contributed by atoms with Crippen molar-refractivity contribution in [2.45, 2.75) is 76.5 Å². The summed E-state index contributed by atoms with van der Waals surface area (Å²) < 4.78 is 18.4. The maximum atomic E-state index is 13.2. The van der Waals surface area contributed by atoms with E-state index in [-0.39, 0.29) is 29.8 Å². The Kier molecular flexibility index (Phi) is 7.21. The highest BCUT2D eigenvalue weighted by molar-refractivity contribution is 7.98. The molecule has 1 aliphatic carbocycles. The number of aromatic nitrogens is 3. The summed E-state index contributed by atoms with van der Waals surface area (Å²) in [5, 5.41) is 11.3. The molecule has 38 heavy (non-hydrogen) atoms. The molecule has 1 aliphatic heterocycles. The molecular weight excluding hydrogens is 528 g/mol. The smallest absolute Gasteiger partial charge is 0.254 e. The van der Waals surface area contributed by atoms with Gasteiger partial charge in [-0.3, -0.25) is 9.59 Å². The van der Waals surface area contributed by atoms with E-state index >= 15 is 0 Å². The van der Waals surface area contributed by atoms with Gasteiger partial charge in [-0.15, -0.1) is 22.0 Å². The molecule has 1 atom stereocenters. The highest BCUT2D eigenvalue weighted by Gasteiger charge is 2.48. The number of hydrogen-bond donors (Lipinski definition) is 2. The normalized spacial score (nSPS) is 22.5. The Morgan fingerprint density at radius 3 is 2.53 bits per heavy atom. The minimum absolute atomic E-state index is 0.0939. The number of nitrogens with zero attached hydrogens (tertiary/aromatic N) is 2. The standard InChI is InChI=1S/C27H31ClN4O5S/c1-13-10-21(38-5)19(25(34)30-13)12-29-24(33)18-11-20(28)23-22(14(18)2)36-27(4,37-23)17-8-6-16(7-9-17)26-32-31-15(3)35-26/h10-11,16-17H,6-9,12H2,1-5H3,(H,29,33)(H,30,34). The average Bonchev–Trinajstić information content (AvgIpc) is 3.49. The molecule has 202 valence electrons. The Balaban J connectivity index is 1.30. The van der Waals surface area contributed by atoms with Gasteiger partial charge in [0.15, 0.2) is 11.5 Å². The topological polar surface area (TPSA) is 119 Å². The number of amides is 1. The molecule has 2 aliphatic rings. The van der Waals surface area contributed by atoms with E-state index in [9.17, 15) is 9.59 Å². The number of benzene rings is 1. The number of carbonyl (C=O) groups excluding carboxylic acids is 1. The second kappa shape index (κ2) is 10.3. The number of ether oxygens (including phenoxy) is 2. The summed E-state index contributed by atoms with van der Waals surface area (Å²) >= 11 is 8.06. The lowest BCUT2D eigenvalue weighted by atomic mass is 9.78. The van der Waals surface area contributed by atoms with Crippen molar-refractivity contribution in [1.82, 2.24) is 20.5 Å². The Hall–Kier alpha value is -2.98. The number of aromatic amines is 1. The SMILES string of the molecule is CSc1cc(C)[nH]c(=O)c1CNC(=O)c1cc(Cl)c2c(c1C)OC(C)(C1CCC(c3nnc(C)o3)CC1)O2. The van der Waals surface area contributed by atoms with Gasteiger partial charge in [-0.2, -0.15) is 0 Å². The maximum Gasteiger partial charge on any atom is 0.254 e. The molecule has 1 saturated carbocycles. The summed E-state index contributed by atoms with van der Waals surface area (Å²) in [5.41, 5.74) is 2.10. The number of nitrogens with one attached hydrogen (secondary N) is 2. The van der Waals surface area contributed by atoms with Crippen molar-refractivity contribution in [2.24, 2.45) is 5.92 Å². The number of fused-ring (bicyclic) bond motifs is 1. The number of H-pyrrole nitrogens is 1. The number of aryl methyl sites for hydroxylation is 2. The number of rotatable bonds is 6. The van der Waals surface area contributed by atoms with Crippen molar-refractivity contribution in [3.8, 4) is 11.5 Å². The first-order valence-electron chi connectivity index (χ1n) is 12.7. The third-order valence-electron chi connectivity index (χ3n) is 7.53. The molecule has 0 bridgehead atoms. The van der Waals surface area contributed by atoms with E-state index in [0.29, 0.717) is 45.0 Å². The van der Waals surface area contributed by atoms with E-state index in [2.05, 4.69) is 20.5 Å². The molecule has 1 aromatic carbocycles. The van der Waals surface area contributed by atoms with Crippen molar-refractivity contribution < 1.29 is 18.7 Å². The highest BCUT2D eigenvalue weighted by atomic mass is 35.5. The minimum atomic E-state index is -0.899. The number of pyridine rings is 1. The Bertz CT molecular complexity index is 1450. The van der Waals surface area contributed by atoms with E-state index < -0.39 is 5.79 Å². The van der Waals surface area contributed by atoms with E-state index in [1.165, 1.54) is 11.8 Å². The molecular formula is C27H31ClN4O5S. The zero-order chi connectivity index (χ0) is 27.2. The molecule has 2 N–H and O–H groups in total. The largest absolute Gasteiger partial charge is 0.448 e. The molecule has 0 spiro atoms. The molecule has 2 aromatic heterocycles. The van der Waals surface area contributed by atoms with Crippen LogP contribution < -0.4 is 20.3 Å². The molecule has 1 fully saturated rings. The van der Waals surface area contributed by atoms with Gasteiger partial charge < -0.3 is 24.2 Å². The molecule has 9 nitrogen and oxygen atoms in total. The fourth-order valence-corrected chi connectivity index (χ4v) is 6.33. The fourth-order valence-electron chi connectivity index (χ4n) is 5.39. The molecule has 0 saturated heterocycles. The van der Waals surface area contributed by atoms with Crippen LogP contribution >= 0.6 is 23.4 Å². The predicted molar refractivity (Wildman–Crippen MR) is 144 cm³/mol. The van der Waals surface area contributed by atoms with Crippen LogP contribution in [-0.4, -0.2) is 33.1 Å². The summed E-state index contributed by atoms with van der Waals surface area (Å²) in [4.78, 5) is 29.3. The van der Waals surface area contributed by atoms with Crippen LogP contribution in [0.25, 0.3) is 0 Å². The molecule has 3 aromatic rings. The summed E-state index contributed by atoms with van der Waals surface area (Å²) in [5.74, 6) is 1.32. The van der Waals surface area contributed by atoms with Crippen molar-refractivity contribution in [3.05, 3.63) is 61.7 Å². The van der Waals surface area contributed by atoms with Crippen LogP contribution in [0.5, 0.6) is 11.5 Å². The lowest BCUT2D eigenvalue weighted by molar-refractivity contribution is -0.121. The van der Waals surface area contributed by atoms with E-state index in [0.717, 1.165) is 36.3 Å². The Morgan fingerprint density at radius 2 is 1.87 bits per heavy atom. The average molecular weight is 559 g/mol. The predicted octanol–water partition coefficient (Wildman–Crippen LogP) is 5.45. The molecule has 1 unspecified atom stereocenters. The number of thioether (sulfide) groups is 1. The summed E-state index contributed by atoms with van der Waals surface area (Å²) in [6.45, 7) is 7.47. The zero-order valence-electron chi connectivity index (χ0n) is 22.1. The van der Waals surface area contributed by atoms with Gasteiger partial charge in [-0.05, 0) is 57.9 Å². The maximum absolute atomic E-state index is 13.2. The van der Waals surface area contributed by atoms with Crippen LogP contribution in [0.2, 0.25) is 5.02 Å². The van der Waals surface area contributed by atoms with Gasteiger partial charge in [0.05, 0.1) is 5.02 Å². The number of carbonyl (C=O) groups is 1. The molecule has 3 heterocycles.